The molecule has 0 saturated heterocycles. The summed E-state index contributed by atoms with van der Waals surface area (Å²) in [6.45, 7) is 3.77. The Morgan fingerprint density at radius 2 is 1.25 bits per heavy atom. The van der Waals surface area contributed by atoms with E-state index in [2.05, 4.69) is 16.1 Å². The summed E-state index contributed by atoms with van der Waals surface area (Å²) in [6.07, 6.45) is -9.26. The zero-order valence-corrected chi connectivity index (χ0v) is 20.6. The first-order valence-electron chi connectivity index (χ1n) is 9.76. The van der Waals surface area contributed by atoms with Gasteiger partial charge in [0.1, 0.15) is 5.92 Å². The Bertz CT molecular complexity index is 1110. The molecule has 4 nitrogen and oxygen atoms in total. The molecule has 0 fully saturated rings. The summed E-state index contributed by atoms with van der Waals surface area (Å²) in [4.78, 5) is 22.9. The second kappa shape index (κ2) is 12.8. The van der Waals surface area contributed by atoms with Crippen LogP contribution in [-0.2, 0) is 19.1 Å². The van der Waals surface area contributed by atoms with E-state index in [0.717, 1.165) is 21.1 Å². The quantitative estimate of drug-likeness (QED) is 0.165. The van der Waals surface area contributed by atoms with Crippen LogP contribution in [0.3, 0.4) is 0 Å². The Morgan fingerprint density at radius 1 is 0.806 bits per heavy atom. The zero-order chi connectivity index (χ0) is 27.8. The summed E-state index contributed by atoms with van der Waals surface area (Å²) in [5, 5.41) is 0.729. The van der Waals surface area contributed by atoms with Crippen molar-refractivity contribution >= 4 is 40.7 Å². The molecule has 36 heavy (non-hydrogen) atoms. The van der Waals surface area contributed by atoms with Crippen molar-refractivity contribution in [2.45, 2.75) is 25.2 Å². The van der Waals surface area contributed by atoms with Gasteiger partial charge in [-0.15, -0.1) is 0 Å². The number of allylic oxidation sites excluding steroid dienone is 1. The number of benzene rings is 2. The molecule has 0 heterocycles. The van der Waals surface area contributed by atoms with E-state index in [4.69, 9.17) is 23.2 Å². The summed E-state index contributed by atoms with van der Waals surface area (Å²) < 4.78 is 84.7. The van der Waals surface area contributed by atoms with Crippen LogP contribution >= 0.6 is 23.2 Å². The number of carbonyl (C=O) groups is 2. The maximum absolute atomic E-state index is 12.7. The molecule has 0 radical (unpaired) electrons. The minimum atomic E-state index is -4.67. The van der Waals surface area contributed by atoms with Gasteiger partial charge >= 0.3 is 24.3 Å². The van der Waals surface area contributed by atoms with Gasteiger partial charge in [0, 0.05) is 21.2 Å². The predicted octanol–water partition coefficient (Wildman–Crippen LogP) is 7.56. The number of esters is 2. The van der Waals surface area contributed by atoms with Crippen molar-refractivity contribution in [2.75, 3.05) is 14.2 Å². The number of ether oxygens (including phenoxy) is 2. The smallest absolute Gasteiger partial charge is 0.413 e. The largest absolute Gasteiger partial charge is 0.468 e. The van der Waals surface area contributed by atoms with Crippen LogP contribution in [0, 0.1) is 0 Å². The third-order valence-corrected chi connectivity index (χ3v) is 5.18. The molecule has 0 spiro atoms. The Labute approximate surface area is 213 Å². The van der Waals surface area contributed by atoms with Crippen LogP contribution in [0.5, 0.6) is 0 Å². The van der Waals surface area contributed by atoms with Crippen LogP contribution in [0.1, 0.15) is 24.0 Å². The number of methoxy groups -OCH3 is 2. The summed E-state index contributed by atoms with van der Waals surface area (Å²) >= 11 is 11.3. The number of rotatable bonds is 5. The van der Waals surface area contributed by atoms with Gasteiger partial charge < -0.3 is 9.47 Å². The van der Waals surface area contributed by atoms with Crippen LogP contribution in [0.4, 0.5) is 26.3 Å². The maximum Gasteiger partial charge on any atom is 0.413 e. The van der Waals surface area contributed by atoms with Crippen molar-refractivity contribution < 1.29 is 45.4 Å². The average Bonchev–Trinajstić information content (AvgIpc) is 2.80. The minimum absolute atomic E-state index is 0.112. The van der Waals surface area contributed by atoms with E-state index in [0.29, 0.717) is 10.0 Å². The molecular formula is C24H20Cl2F6O4. The fourth-order valence-electron chi connectivity index (χ4n) is 2.76. The second-order valence-corrected chi connectivity index (χ2v) is 7.90. The Kier molecular flexibility index (Phi) is 11.1. The monoisotopic (exact) mass is 556 g/mol. The predicted molar refractivity (Wildman–Crippen MR) is 124 cm³/mol. The number of hydrogen-bond acceptors (Lipinski definition) is 4. The average molecular weight is 557 g/mol. The van der Waals surface area contributed by atoms with Gasteiger partial charge in [0.05, 0.1) is 19.8 Å². The van der Waals surface area contributed by atoms with E-state index in [1.54, 1.807) is 0 Å². The van der Waals surface area contributed by atoms with Crippen molar-refractivity contribution in [1.29, 1.82) is 0 Å². The zero-order valence-electron chi connectivity index (χ0n) is 19.1. The standard InChI is InChI=1S/2C12H10ClF3O2/c2*1-7(12(14,15)16)10(11(17)18-2)8-3-5-9(13)6-4-8/h3-6H,1-2H3;3-6,10H,1H2,2H3/b10-7+;. The van der Waals surface area contributed by atoms with E-state index in [9.17, 15) is 35.9 Å². The summed E-state index contributed by atoms with van der Waals surface area (Å²) in [5.41, 5.74) is -2.44. The summed E-state index contributed by atoms with van der Waals surface area (Å²) in [6, 6.07) is 11.0. The van der Waals surface area contributed by atoms with Crippen LogP contribution < -0.4 is 0 Å². The van der Waals surface area contributed by atoms with Crippen molar-refractivity contribution in [2.24, 2.45) is 0 Å². The minimum Gasteiger partial charge on any atom is -0.468 e. The molecule has 1 unspecified atom stereocenters. The lowest BCUT2D eigenvalue weighted by atomic mass is 9.91. The first-order valence-corrected chi connectivity index (χ1v) is 10.5. The second-order valence-electron chi connectivity index (χ2n) is 7.03. The highest BCUT2D eigenvalue weighted by Crippen LogP contribution is 2.37. The number of alkyl halides is 6. The SMILES string of the molecule is C=C(C(C(=O)OC)c1ccc(Cl)cc1)C(F)(F)F.COC(=O)/C(=C(\C)C(F)(F)F)c1ccc(Cl)cc1. The van der Waals surface area contributed by atoms with Gasteiger partial charge in [0.25, 0.3) is 0 Å². The Balaban J connectivity index is 0.000000360. The molecule has 2 aromatic rings. The highest BCUT2D eigenvalue weighted by atomic mass is 35.5. The first-order chi connectivity index (χ1) is 16.5. The molecule has 1 atom stereocenters. The molecule has 2 aromatic carbocycles. The Morgan fingerprint density at radius 3 is 1.61 bits per heavy atom. The van der Waals surface area contributed by atoms with Gasteiger partial charge in [0.2, 0.25) is 0 Å². The molecule has 0 amide bonds. The molecule has 0 aliphatic rings. The van der Waals surface area contributed by atoms with Gasteiger partial charge in [-0.2, -0.15) is 26.3 Å². The highest BCUT2D eigenvalue weighted by molar-refractivity contribution is 6.31. The normalized spacial score (nSPS) is 13.0. The molecule has 196 valence electrons. The lowest BCUT2D eigenvalue weighted by molar-refractivity contribution is -0.145. The topological polar surface area (TPSA) is 52.6 Å². The molecular weight excluding hydrogens is 537 g/mol. The number of hydrogen-bond donors (Lipinski definition) is 0. The van der Waals surface area contributed by atoms with Gasteiger partial charge in [0.15, 0.2) is 0 Å². The molecule has 0 aliphatic carbocycles. The van der Waals surface area contributed by atoms with Crippen LogP contribution in [-0.4, -0.2) is 38.5 Å². The Hall–Kier alpha value is -2.98. The van der Waals surface area contributed by atoms with Crippen molar-refractivity contribution in [1.82, 2.24) is 0 Å². The fraction of sp³-hybridized carbons (Fsp3) is 0.250. The van der Waals surface area contributed by atoms with E-state index in [1.807, 2.05) is 0 Å². The molecule has 0 bridgehead atoms. The van der Waals surface area contributed by atoms with Gasteiger partial charge in [-0.25, -0.2) is 4.79 Å². The molecule has 2 rings (SSSR count). The van der Waals surface area contributed by atoms with Crippen molar-refractivity contribution in [3.8, 4) is 0 Å². The van der Waals surface area contributed by atoms with E-state index < -0.39 is 46.9 Å². The third-order valence-electron chi connectivity index (χ3n) is 4.68. The van der Waals surface area contributed by atoms with Gasteiger partial charge in [-0.1, -0.05) is 54.0 Å². The number of carbonyl (C=O) groups excluding carboxylic acids is 2. The van der Waals surface area contributed by atoms with E-state index in [1.165, 1.54) is 48.5 Å². The highest BCUT2D eigenvalue weighted by Gasteiger charge is 2.41. The first kappa shape index (κ1) is 31.1. The van der Waals surface area contributed by atoms with Crippen LogP contribution in [0.2, 0.25) is 10.0 Å². The van der Waals surface area contributed by atoms with E-state index in [-0.39, 0.29) is 11.1 Å². The summed E-state index contributed by atoms with van der Waals surface area (Å²) in [7, 11) is 2.05. The van der Waals surface area contributed by atoms with Crippen LogP contribution in [0.15, 0.2) is 66.3 Å². The fourth-order valence-corrected chi connectivity index (χ4v) is 3.02. The van der Waals surface area contributed by atoms with Gasteiger partial charge in [-0.3, -0.25) is 4.79 Å². The third kappa shape index (κ3) is 8.60. The molecule has 0 aromatic heterocycles. The molecule has 0 saturated carbocycles. The summed E-state index contributed by atoms with van der Waals surface area (Å²) in [5.74, 6) is -3.63. The van der Waals surface area contributed by atoms with Crippen molar-refractivity contribution in [3.05, 3.63) is 87.4 Å². The molecule has 12 heteroatoms. The lowest BCUT2D eigenvalue weighted by Gasteiger charge is -2.19. The van der Waals surface area contributed by atoms with E-state index >= 15 is 0 Å². The number of halogens is 8. The molecule has 0 N–H and O–H groups in total. The van der Waals surface area contributed by atoms with Crippen LogP contribution in [0.25, 0.3) is 5.57 Å². The van der Waals surface area contributed by atoms with Crippen molar-refractivity contribution in [3.63, 3.8) is 0 Å². The molecule has 0 aliphatic heterocycles. The maximum atomic E-state index is 12.7. The lowest BCUT2D eigenvalue weighted by Crippen LogP contribution is -2.25. The van der Waals surface area contributed by atoms with Gasteiger partial charge in [-0.05, 0) is 42.3 Å².